The average Bonchev–Trinajstić information content (AvgIpc) is 2.60. The van der Waals surface area contributed by atoms with Crippen LogP contribution in [0.1, 0.15) is 15.9 Å². The van der Waals surface area contributed by atoms with E-state index in [4.69, 9.17) is 5.11 Å². The summed E-state index contributed by atoms with van der Waals surface area (Å²) in [5, 5.41) is 11.5. The van der Waals surface area contributed by atoms with Crippen molar-refractivity contribution in [2.75, 3.05) is 0 Å². The van der Waals surface area contributed by atoms with Crippen molar-refractivity contribution in [3.63, 3.8) is 0 Å². The first-order chi connectivity index (χ1) is 6.77. The van der Waals surface area contributed by atoms with E-state index in [1.165, 1.54) is 17.4 Å². The van der Waals surface area contributed by atoms with Crippen molar-refractivity contribution in [2.24, 2.45) is 0 Å². The van der Waals surface area contributed by atoms with Crippen molar-refractivity contribution >= 4 is 27.7 Å². The van der Waals surface area contributed by atoms with E-state index in [9.17, 15) is 9.18 Å². The molecule has 14 heavy (non-hydrogen) atoms. The molecule has 0 bridgehead atoms. The van der Waals surface area contributed by atoms with Crippen LogP contribution in [0.25, 0.3) is 10.1 Å². The zero-order valence-electron chi connectivity index (χ0n) is 7.16. The number of thiophene rings is 1. The van der Waals surface area contributed by atoms with Crippen molar-refractivity contribution in [3.05, 3.63) is 34.5 Å². The molecule has 0 aliphatic heterocycles. The van der Waals surface area contributed by atoms with Gasteiger partial charge >= 0.3 is 0 Å². The number of hydrogen-bond donors (Lipinski definition) is 1. The van der Waals surface area contributed by atoms with Crippen LogP contribution in [0, 0.1) is 5.82 Å². The van der Waals surface area contributed by atoms with E-state index in [0.29, 0.717) is 11.0 Å². The maximum absolute atomic E-state index is 13.1. The lowest BCUT2D eigenvalue weighted by Crippen LogP contribution is -1.88. The summed E-state index contributed by atoms with van der Waals surface area (Å²) < 4.78 is 13.7. The monoisotopic (exact) mass is 210 g/mol. The van der Waals surface area contributed by atoms with Gasteiger partial charge in [0.15, 0.2) is 6.29 Å². The molecule has 0 fully saturated rings. The van der Waals surface area contributed by atoms with Gasteiger partial charge in [-0.15, -0.1) is 11.3 Å². The van der Waals surface area contributed by atoms with Crippen LogP contribution < -0.4 is 0 Å². The third-order valence-corrected chi connectivity index (χ3v) is 3.17. The Kier molecular flexibility index (Phi) is 2.31. The van der Waals surface area contributed by atoms with Crippen molar-refractivity contribution in [1.82, 2.24) is 0 Å². The molecule has 1 N–H and O–H groups in total. The molecule has 0 spiro atoms. The van der Waals surface area contributed by atoms with Crippen LogP contribution in [-0.2, 0) is 6.61 Å². The molecule has 0 aliphatic rings. The number of hydrogen-bond acceptors (Lipinski definition) is 3. The van der Waals surface area contributed by atoms with Gasteiger partial charge in [0.05, 0.1) is 12.2 Å². The van der Waals surface area contributed by atoms with Gasteiger partial charge in [-0.25, -0.2) is 4.39 Å². The predicted molar refractivity (Wildman–Crippen MR) is 53.1 cm³/mol. The molecule has 4 heteroatoms. The first-order valence-electron chi connectivity index (χ1n) is 4.02. The second-order valence-corrected chi connectivity index (χ2v) is 3.75. The Hall–Kier alpha value is -1.26. The molecule has 2 aromatic rings. The van der Waals surface area contributed by atoms with E-state index in [1.807, 2.05) is 0 Å². The highest BCUT2D eigenvalue weighted by atomic mass is 32.1. The van der Waals surface area contributed by atoms with Crippen molar-refractivity contribution in [3.8, 4) is 0 Å². The summed E-state index contributed by atoms with van der Waals surface area (Å²) in [6.07, 6.45) is 0.509. The lowest BCUT2D eigenvalue weighted by atomic mass is 10.1. The van der Waals surface area contributed by atoms with Gasteiger partial charge in [-0.05, 0) is 22.4 Å². The van der Waals surface area contributed by atoms with Gasteiger partial charge in [0.25, 0.3) is 0 Å². The summed E-state index contributed by atoms with van der Waals surface area (Å²) in [4.78, 5) is 10.6. The van der Waals surface area contributed by atoms with Gasteiger partial charge in [-0.2, -0.15) is 0 Å². The molecule has 0 aliphatic carbocycles. The first kappa shape index (κ1) is 9.30. The lowest BCUT2D eigenvalue weighted by molar-refractivity contribution is 0.112. The minimum absolute atomic E-state index is 0.0761. The molecule has 1 heterocycles. The van der Waals surface area contributed by atoms with Crippen molar-refractivity contribution < 1.29 is 14.3 Å². The van der Waals surface area contributed by atoms with E-state index in [2.05, 4.69) is 0 Å². The number of aldehydes is 1. The van der Waals surface area contributed by atoms with Crippen LogP contribution in [0.2, 0.25) is 0 Å². The molecule has 1 aromatic carbocycles. The third-order valence-electron chi connectivity index (χ3n) is 2.10. The average molecular weight is 210 g/mol. The molecule has 0 radical (unpaired) electrons. The highest BCUT2D eigenvalue weighted by molar-refractivity contribution is 7.17. The van der Waals surface area contributed by atoms with Crippen LogP contribution in [0.5, 0.6) is 0 Å². The normalized spacial score (nSPS) is 10.7. The lowest BCUT2D eigenvalue weighted by Gasteiger charge is -1.97. The predicted octanol–water partition coefficient (Wildman–Crippen LogP) is 2.35. The maximum atomic E-state index is 13.1. The molecule has 0 amide bonds. The van der Waals surface area contributed by atoms with E-state index in [0.717, 1.165) is 10.9 Å². The van der Waals surface area contributed by atoms with E-state index < -0.39 is 5.82 Å². The van der Waals surface area contributed by atoms with Crippen LogP contribution in [-0.4, -0.2) is 11.4 Å². The van der Waals surface area contributed by atoms with Crippen LogP contribution in [0.4, 0.5) is 4.39 Å². The standard InChI is InChI=1S/C10H7FO2S/c11-9-2-1-7-6(3-12)5-14-10(7)8(9)4-13/h1-2,4-5,12H,3H2. The second kappa shape index (κ2) is 3.48. The first-order valence-corrected chi connectivity index (χ1v) is 4.90. The van der Waals surface area contributed by atoms with E-state index >= 15 is 0 Å². The maximum Gasteiger partial charge on any atom is 0.154 e. The molecular weight excluding hydrogens is 203 g/mol. The zero-order chi connectivity index (χ0) is 10.1. The zero-order valence-corrected chi connectivity index (χ0v) is 7.97. The number of aliphatic hydroxyl groups is 1. The molecule has 0 atom stereocenters. The third kappa shape index (κ3) is 1.23. The minimum atomic E-state index is -0.515. The fourth-order valence-corrected chi connectivity index (χ4v) is 2.44. The second-order valence-electron chi connectivity index (χ2n) is 2.87. The van der Waals surface area contributed by atoms with Gasteiger partial charge in [0.1, 0.15) is 5.82 Å². The number of halogens is 1. The number of carbonyl (C=O) groups is 1. The molecule has 0 saturated carbocycles. The Morgan fingerprint density at radius 1 is 1.50 bits per heavy atom. The Balaban J connectivity index is 2.83. The summed E-state index contributed by atoms with van der Waals surface area (Å²) in [6, 6.07) is 2.83. The van der Waals surface area contributed by atoms with E-state index in [-0.39, 0.29) is 12.2 Å². The SMILES string of the molecule is O=Cc1c(F)ccc2c(CO)csc12. The van der Waals surface area contributed by atoms with Gasteiger partial charge < -0.3 is 5.11 Å². The quantitative estimate of drug-likeness (QED) is 0.772. The smallest absolute Gasteiger partial charge is 0.154 e. The van der Waals surface area contributed by atoms with Crippen LogP contribution >= 0.6 is 11.3 Å². The summed E-state index contributed by atoms with van der Waals surface area (Å²) in [6.45, 7) is -0.0933. The Morgan fingerprint density at radius 3 is 2.93 bits per heavy atom. The molecule has 72 valence electrons. The van der Waals surface area contributed by atoms with Crippen LogP contribution in [0.15, 0.2) is 17.5 Å². The minimum Gasteiger partial charge on any atom is -0.392 e. The number of carbonyl (C=O) groups excluding carboxylic acids is 1. The number of aliphatic hydroxyl groups excluding tert-OH is 1. The highest BCUT2D eigenvalue weighted by Gasteiger charge is 2.10. The topological polar surface area (TPSA) is 37.3 Å². The van der Waals surface area contributed by atoms with Crippen molar-refractivity contribution in [2.45, 2.75) is 6.61 Å². The molecule has 0 unspecified atom stereocenters. The Morgan fingerprint density at radius 2 is 2.29 bits per heavy atom. The summed E-state index contributed by atoms with van der Waals surface area (Å²) >= 11 is 1.27. The molecule has 0 saturated heterocycles. The summed E-state index contributed by atoms with van der Waals surface area (Å²) in [5.41, 5.74) is 0.806. The van der Waals surface area contributed by atoms with Gasteiger partial charge in [-0.1, -0.05) is 6.07 Å². The van der Waals surface area contributed by atoms with Crippen LogP contribution in [0.3, 0.4) is 0 Å². The van der Waals surface area contributed by atoms with Crippen molar-refractivity contribution in [1.29, 1.82) is 0 Å². The Bertz CT molecular complexity index is 490. The number of fused-ring (bicyclic) bond motifs is 1. The number of benzene rings is 1. The fraction of sp³-hybridized carbons (Fsp3) is 0.100. The van der Waals surface area contributed by atoms with Gasteiger partial charge in [0.2, 0.25) is 0 Å². The largest absolute Gasteiger partial charge is 0.392 e. The highest BCUT2D eigenvalue weighted by Crippen LogP contribution is 2.29. The van der Waals surface area contributed by atoms with Gasteiger partial charge in [-0.3, -0.25) is 4.79 Å². The van der Waals surface area contributed by atoms with Gasteiger partial charge in [0, 0.05) is 4.70 Å². The Labute approximate surface area is 83.6 Å². The molecule has 2 nitrogen and oxygen atoms in total. The fourth-order valence-electron chi connectivity index (χ4n) is 1.38. The molecule has 1 aromatic heterocycles. The molecular formula is C10H7FO2S. The molecule has 2 rings (SSSR count). The van der Waals surface area contributed by atoms with E-state index in [1.54, 1.807) is 11.4 Å². The summed E-state index contributed by atoms with van der Waals surface area (Å²) in [7, 11) is 0. The summed E-state index contributed by atoms with van der Waals surface area (Å²) in [5.74, 6) is -0.515. The number of rotatable bonds is 2.